The van der Waals surface area contributed by atoms with Gasteiger partial charge in [-0.25, -0.2) is 0 Å². The molecular formula is C24H34N2O3. The number of methoxy groups -OCH3 is 2. The second kappa shape index (κ2) is 9.51. The van der Waals surface area contributed by atoms with E-state index in [-0.39, 0.29) is 6.04 Å². The van der Waals surface area contributed by atoms with E-state index < -0.39 is 0 Å². The minimum Gasteiger partial charge on any atom is -0.496 e. The monoisotopic (exact) mass is 398 g/mol. The minimum atomic E-state index is 0.136. The fourth-order valence-corrected chi connectivity index (χ4v) is 4.17. The zero-order valence-electron chi connectivity index (χ0n) is 18.6. The van der Waals surface area contributed by atoms with Crippen LogP contribution in [-0.4, -0.2) is 52.9 Å². The number of nitrogens with zero attached hydrogens (tertiary/aromatic N) is 1. The van der Waals surface area contributed by atoms with Crippen molar-refractivity contribution in [2.45, 2.75) is 32.7 Å². The van der Waals surface area contributed by atoms with Gasteiger partial charge in [0.1, 0.15) is 5.75 Å². The van der Waals surface area contributed by atoms with Gasteiger partial charge in [0.25, 0.3) is 0 Å². The third kappa shape index (κ3) is 4.85. The lowest BCUT2D eigenvalue weighted by atomic mass is 9.88. The van der Waals surface area contributed by atoms with Crippen molar-refractivity contribution in [3.63, 3.8) is 0 Å². The molecule has 1 N–H and O–H groups in total. The van der Waals surface area contributed by atoms with Crippen LogP contribution in [0.3, 0.4) is 0 Å². The number of ether oxygens (including phenoxy) is 3. The number of hydrogen-bond acceptors (Lipinski definition) is 5. The highest BCUT2D eigenvalue weighted by Gasteiger charge is 2.25. The minimum absolute atomic E-state index is 0.136. The Hall–Kier alpha value is -2.24. The summed E-state index contributed by atoms with van der Waals surface area (Å²) < 4.78 is 17.3. The lowest BCUT2D eigenvalue weighted by molar-refractivity contribution is 0.267. The molecule has 5 heteroatoms. The first-order chi connectivity index (χ1) is 13.9. The maximum absolute atomic E-state index is 6.11. The van der Waals surface area contributed by atoms with Gasteiger partial charge in [0.2, 0.25) is 0 Å². The molecule has 1 aliphatic rings. The van der Waals surface area contributed by atoms with Crippen LogP contribution < -0.4 is 19.5 Å². The third-order valence-corrected chi connectivity index (χ3v) is 5.51. The normalized spacial score (nSPS) is 15.9. The Labute approximate surface area is 175 Å². The lowest BCUT2D eigenvalue weighted by Crippen LogP contribution is -2.30. The number of benzene rings is 2. The molecule has 1 heterocycles. The molecule has 0 aromatic heterocycles. The number of fused-ring (bicyclic) bond motifs is 1. The molecule has 1 unspecified atom stereocenters. The maximum Gasteiger partial charge on any atom is 0.161 e. The average molecular weight is 399 g/mol. The van der Waals surface area contributed by atoms with Crippen molar-refractivity contribution in [1.82, 2.24) is 10.2 Å². The van der Waals surface area contributed by atoms with Crippen LogP contribution in [0.1, 0.15) is 40.3 Å². The van der Waals surface area contributed by atoms with Crippen molar-refractivity contribution >= 4 is 0 Å². The smallest absolute Gasteiger partial charge is 0.161 e. The zero-order valence-corrected chi connectivity index (χ0v) is 18.6. The van der Waals surface area contributed by atoms with E-state index in [0.717, 1.165) is 54.3 Å². The summed E-state index contributed by atoms with van der Waals surface area (Å²) >= 11 is 0. The van der Waals surface area contributed by atoms with Crippen molar-refractivity contribution in [3.8, 4) is 17.2 Å². The van der Waals surface area contributed by atoms with E-state index in [4.69, 9.17) is 14.2 Å². The van der Waals surface area contributed by atoms with E-state index in [1.54, 1.807) is 14.2 Å². The molecule has 5 nitrogen and oxygen atoms in total. The Kier molecular flexibility index (Phi) is 7.04. The van der Waals surface area contributed by atoms with Gasteiger partial charge in [0, 0.05) is 13.1 Å². The first-order valence-electron chi connectivity index (χ1n) is 10.3. The first-order valence-corrected chi connectivity index (χ1v) is 10.3. The topological polar surface area (TPSA) is 43.0 Å². The van der Waals surface area contributed by atoms with Gasteiger partial charge in [-0.1, -0.05) is 12.1 Å². The zero-order chi connectivity index (χ0) is 21.0. The predicted molar refractivity (Wildman–Crippen MR) is 118 cm³/mol. The van der Waals surface area contributed by atoms with Crippen LogP contribution in [0, 0.1) is 13.8 Å². The predicted octanol–water partition coefficient (Wildman–Crippen LogP) is 3.89. The van der Waals surface area contributed by atoms with Gasteiger partial charge in [-0.05, 0) is 80.7 Å². The van der Waals surface area contributed by atoms with Crippen molar-refractivity contribution in [1.29, 1.82) is 0 Å². The van der Waals surface area contributed by atoms with Gasteiger partial charge < -0.3 is 24.4 Å². The molecule has 0 bridgehead atoms. The van der Waals surface area contributed by atoms with Gasteiger partial charge in [-0.2, -0.15) is 0 Å². The quantitative estimate of drug-likeness (QED) is 0.684. The summed E-state index contributed by atoms with van der Waals surface area (Å²) in [4.78, 5) is 2.17. The molecule has 29 heavy (non-hydrogen) atoms. The number of nitrogens with one attached hydrogen (secondary N) is 1. The molecule has 0 amide bonds. The maximum atomic E-state index is 6.11. The van der Waals surface area contributed by atoms with Crippen LogP contribution in [0.25, 0.3) is 0 Å². The second-order valence-electron chi connectivity index (χ2n) is 8.03. The van der Waals surface area contributed by atoms with Crippen LogP contribution in [0.5, 0.6) is 17.2 Å². The van der Waals surface area contributed by atoms with E-state index in [2.05, 4.69) is 62.4 Å². The number of rotatable bonds is 8. The highest BCUT2D eigenvalue weighted by Crippen LogP contribution is 2.39. The summed E-state index contributed by atoms with van der Waals surface area (Å²) in [5.41, 5.74) is 6.15. The van der Waals surface area contributed by atoms with E-state index >= 15 is 0 Å². The third-order valence-electron chi connectivity index (χ3n) is 5.51. The lowest BCUT2D eigenvalue weighted by Gasteiger charge is -2.29. The molecular weight excluding hydrogens is 364 g/mol. The summed E-state index contributed by atoms with van der Waals surface area (Å²) in [7, 11) is 7.60. The summed E-state index contributed by atoms with van der Waals surface area (Å²) in [5, 5.41) is 3.69. The molecule has 0 aliphatic carbocycles. The molecule has 0 saturated heterocycles. The van der Waals surface area contributed by atoms with Crippen LogP contribution in [0.15, 0.2) is 24.3 Å². The van der Waals surface area contributed by atoms with E-state index in [9.17, 15) is 0 Å². The Morgan fingerprint density at radius 3 is 2.34 bits per heavy atom. The summed E-state index contributed by atoms with van der Waals surface area (Å²) in [6.07, 6.45) is 1.96. The molecule has 2 aromatic carbocycles. The van der Waals surface area contributed by atoms with Gasteiger partial charge in [-0.3, -0.25) is 0 Å². The number of aryl methyl sites for hydroxylation is 2. The van der Waals surface area contributed by atoms with Gasteiger partial charge >= 0.3 is 0 Å². The Bertz CT molecular complexity index is 825. The summed E-state index contributed by atoms with van der Waals surface area (Å²) in [6.45, 7) is 6.82. The Morgan fingerprint density at radius 2 is 1.72 bits per heavy atom. The van der Waals surface area contributed by atoms with Crippen LogP contribution >= 0.6 is 0 Å². The van der Waals surface area contributed by atoms with Gasteiger partial charge in [0.05, 0.1) is 26.9 Å². The molecule has 2 aromatic rings. The number of hydrogen-bond donors (Lipinski definition) is 1. The molecule has 3 rings (SSSR count). The van der Waals surface area contributed by atoms with Crippen LogP contribution in [-0.2, 0) is 6.42 Å². The molecule has 1 atom stereocenters. The van der Waals surface area contributed by atoms with Crippen molar-refractivity contribution in [2.24, 2.45) is 0 Å². The van der Waals surface area contributed by atoms with Crippen molar-refractivity contribution < 1.29 is 14.2 Å². The summed E-state index contributed by atoms with van der Waals surface area (Å²) in [5.74, 6) is 2.60. The Morgan fingerprint density at radius 1 is 1.00 bits per heavy atom. The first kappa shape index (κ1) is 21.5. The van der Waals surface area contributed by atoms with E-state index in [1.165, 1.54) is 16.7 Å². The molecule has 0 radical (unpaired) electrons. The molecule has 0 fully saturated rings. The summed E-state index contributed by atoms with van der Waals surface area (Å²) in [6, 6.07) is 8.89. The SMILES string of the molecule is COc1cc2c(cc1OCCCN(C)C)C(c1cc(C)c(OC)c(C)c1)NCC2. The van der Waals surface area contributed by atoms with Gasteiger partial charge in [0.15, 0.2) is 11.5 Å². The molecule has 158 valence electrons. The fourth-order valence-electron chi connectivity index (χ4n) is 4.17. The fraction of sp³-hybridized carbons (Fsp3) is 0.500. The largest absolute Gasteiger partial charge is 0.496 e. The highest BCUT2D eigenvalue weighted by atomic mass is 16.5. The highest BCUT2D eigenvalue weighted by molar-refractivity contribution is 5.53. The van der Waals surface area contributed by atoms with Crippen molar-refractivity contribution in [3.05, 3.63) is 52.1 Å². The molecule has 0 spiro atoms. The van der Waals surface area contributed by atoms with Crippen LogP contribution in [0.2, 0.25) is 0 Å². The standard InChI is InChI=1S/C24H34N2O3/c1-16-12-19(13-17(2)24(16)28-6)23-20-15-22(29-11-7-10-26(3)4)21(27-5)14-18(20)8-9-25-23/h12-15,23,25H,7-11H2,1-6H3. The van der Waals surface area contributed by atoms with Crippen molar-refractivity contribution in [2.75, 3.05) is 48.0 Å². The molecule has 1 aliphatic heterocycles. The van der Waals surface area contributed by atoms with E-state index in [0.29, 0.717) is 6.61 Å². The van der Waals surface area contributed by atoms with Gasteiger partial charge in [-0.15, -0.1) is 0 Å². The Balaban J connectivity index is 1.92. The second-order valence-corrected chi connectivity index (χ2v) is 8.03. The van der Waals surface area contributed by atoms with E-state index in [1.807, 2.05) is 0 Å². The van der Waals surface area contributed by atoms with Crippen LogP contribution in [0.4, 0.5) is 0 Å². The average Bonchev–Trinajstić information content (AvgIpc) is 2.69. The molecule has 0 saturated carbocycles.